The van der Waals surface area contributed by atoms with Gasteiger partial charge >= 0.3 is 6.09 Å². The van der Waals surface area contributed by atoms with Crippen molar-refractivity contribution < 1.29 is 13.9 Å². The van der Waals surface area contributed by atoms with E-state index in [4.69, 9.17) is 4.74 Å². The van der Waals surface area contributed by atoms with Gasteiger partial charge in [-0.25, -0.2) is 9.18 Å². The van der Waals surface area contributed by atoms with Gasteiger partial charge in [-0.05, 0) is 57.7 Å². The second kappa shape index (κ2) is 11.2. The van der Waals surface area contributed by atoms with Crippen molar-refractivity contribution in [3.63, 3.8) is 0 Å². The zero-order valence-corrected chi connectivity index (χ0v) is 19.7. The van der Waals surface area contributed by atoms with E-state index in [0.717, 1.165) is 31.6 Å². The van der Waals surface area contributed by atoms with Crippen LogP contribution in [-0.2, 0) is 4.74 Å². The molecular formula is C23H38FN5O2. The second-order valence-electron chi connectivity index (χ2n) is 9.34. The number of halogens is 1. The molecule has 0 aliphatic carbocycles. The summed E-state index contributed by atoms with van der Waals surface area (Å²) in [6.07, 6.45) is 1.45. The highest BCUT2D eigenvalue weighted by molar-refractivity contribution is 5.80. The number of piperidine rings is 1. The number of hydrogen-bond donors (Lipinski definition) is 3. The number of alkyl carbamates (subject to hydrolysis) is 1. The molecule has 2 rings (SSSR count). The van der Waals surface area contributed by atoms with Crippen LogP contribution in [0.2, 0.25) is 0 Å². The third-order valence-electron chi connectivity index (χ3n) is 5.23. The van der Waals surface area contributed by atoms with Gasteiger partial charge in [0.25, 0.3) is 0 Å². The van der Waals surface area contributed by atoms with Gasteiger partial charge in [0.15, 0.2) is 5.96 Å². The molecule has 1 aromatic rings. The van der Waals surface area contributed by atoms with E-state index >= 15 is 0 Å². The summed E-state index contributed by atoms with van der Waals surface area (Å²) in [5, 5.41) is 9.73. The fraction of sp³-hybridized carbons (Fsp3) is 0.652. The number of amides is 1. The van der Waals surface area contributed by atoms with E-state index in [1.807, 2.05) is 26.8 Å². The fourth-order valence-corrected chi connectivity index (χ4v) is 3.46. The molecule has 1 aliphatic heterocycles. The van der Waals surface area contributed by atoms with Crippen LogP contribution in [0.3, 0.4) is 0 Å². The van der Waals surface area contributed by atoms with Crippen LogP contribution in [0.1, 0.15) is 47.5 Å². The Labute approximate surface area is 185 Å². The molecule has 0 spiro atoms. The number of ether oxygens (including phenoxy) is 1. The van der Waals surface area contributed by atoms with Gasteiger partial charge in [0.2, 0.25) is 0 Å². The first-order valence-corrected chi connectivity index (χ1v) is 11.0. The standard InChI is InChI=1S/C23H38FN5O2/c1-16(2)20(28-22(30)31-23(3,4)5)15-26-21(25-6)27-18-10-12-29(13-11-18)19-9-7-8-17(24)14-19/h7-9,14,16,18,20H,10-13,15H2,1-6H3,(H,28,30)(H2,25,26,27). The Morgan fingerprint density at radius 2 is 1.97 bits per heavy atom. The number of carbonyl (C=O) groups is 1. The van der Waals surface area contributed by atoms with Crippen LogP contribution < -0.4 is 20.9 Å². The van der Waals surface area contributed by atoms with E-state index < -0.39 is 11.7 Å². The number of nitrogens with zero attached hydrogens (tertiary/aromatic N) is 2. The highest BCUT2D eigenvalue weighted by Crippen LogP contribution is 2.20. The van der Waals surface area contributed by atoms with Gasteiger partial charge in [0.05, 0.1) is 6.04 Å². The van der Waals surface area contributed by atoms with Crippen LogP contribution in [-0.4, -0.2) is 56.4 Å². The van der Waals surface area contributed by atoms with E-state index in [-0.39, 0.29) is 23.8 Å². The average Bonchev–Trinajstić information content (AvgIpc) is 2.69. The topological polar surface area (TPSA) is 78.0 Å². The minimum absolute atomic E-state index is 0.0942. The van der Waals surface area contributed by atoms with E-state index in [9.17, 15) is 9.18 Å². The van der Waals surface area contributed by atoms with Crippen molar-refractivity contribution in [2.24, 2.45) is 10.9 Å². The summed E-state index contributed by atoms with van der Waals surface area (Å²) in [6.45, 7) is 11.9. The fourth-order valence-electron chi connectivity index (χ4n) is 3.46. The van der Waals surface area contributed by atoms with Crippen molar-refractivity contribution in [3.8, 4) is 0 Å². The third-order valence-corrected chi connectivity index (χ3v) is 5.23. The molecule has 174 valence electrons. The summed E-state index contributed by atoms with van der Waals surface area (Å²) in [5.41, 5.74) is 0.394. The number of hydrogen-bond acceptors (Lipinski definition) is 4. The van der Waals surface area contributed by atoms with E-state index in [2.05, 4.69) is 39.7 Å². The lowest BCUT2D eigenvalue weighted by Crippen LogP contribution is -2.53. The first kappa shape index (κ1) is 24.8. The molecule has 0 saturated carbocycles. The van der Waals surface area contributed by atoms with E-state index in [0.29, 0.717) is 12.5 Å². The molecule has 1 heterocycles. The van der Waals surface area contributed by atoms with Crippen LogP contribution in [0.4, 0.5) is 14.9 Å². The number of aliphatic imine (C=N–C) groups is 1. The van der Waals surface area contributed by atoms with E-state index in [1.165, 1.54) is 6.07 Å². The summed E-state index contributed by atoms with van der Waals surface area (Å²) in [6, 6.07) is 6.93. The van der Waals surface area contributed by atoms with Gasteiger partial charge in [0, 0.05) is 38.4 Å². The van der Waals surface area contributed by atoms with Crippen LogP contribution in [0.5, 0.6) is 0 Å². The quantitative estimate of drug-likeness (QED) is 0.471. The largest absolute Gasteiger partial charge is 0.444 e. The summed E-state index contributed by atoms with van der Waals surface area (Å²) >= 11 is 0. The normalized spacial score (nSPS) is 16.8. The van der Waals surface area contributed by atoms with Crippen LogP contribution in [0, 0.1) is 11.7 Å². The third kappa shape index (κ3) is 8.63. The molecule has 0 radical (unpaired) electrons. The van der Waals surface area contributed by atoms with Crippen LogP contribution >= 0.6 is 0 Å². The van der Waals surface area contributed by atoms with Gasteiger partial charge in [-0.1, -0.05) is 19.9 Å². The maximum atomic E-state index is 13.5. The van der Waals surface area contributed by atoms with E-state index in [1.54, 1.807) is 19.2 Å². The molecule has 1 atom stereocenters. The summed E-state index contributed by atoms with van der Waals surface area (Å²) < 4.78 is 18.9. The second-order valence-corrected chi connectivity index (χ2v) is 9.34. The van der Waals surface area contributed by atoms with Crippen molar-refractivity contribution >= 4 is 17.7 Å². The van der Waals surface area contributed by atoms with Gasteiger partial charge in [-0.3, -0.25) is 4.99 Å². The molecule has 1 unspecified atom stereocenters. The van der Waals surface area contributed by atoms with Crippen molar-refractivity contribution in [1.82, 2.24) is 16.0 Å². The molecule has 1 saturated heterocycles. The molecule has 1 amide bonds. The Hall–Kier alpha value is -2.51. The van der Waals surface area contributed by atoms with Gasteiger partial charge in [-0.15, -0.1) is 0 Å². The maximum Gasteiger partial charge on any atom is 0.407 e. The number of anilines is 1. The first-order valence-electron chi connectivity index (χ1n) is 11.0. The Kier molecular flexibility index (Phi) is 8.95. The number of carbonyl (C=O) groups excluding carboxylic acids is 1. The summed E-state index contributed by atoms with van der Waals surface area (Å²) in [4.78, 5) is 18.7. The maximum absolute atomic E-state index is 13.5. The molecule has 7 nitrogen and oxygen atoms in total. The van der Waals surface area contributed by atoms with Gasteiger partial charge < -0.3 is 25.6 Å². The lowest BCUT2D eigenvalue weighted by molar-refractivity contribution is 0.0491. The van der Waals surface area contributed by atoms with Crippen LogP contribution in [0.25, 0.3) is 0 Å². The SMILES string of the molecule is CN=C(NCC(NC(=O)OC(C)(C)C)C(C)C)NC1CCN(c2cccc(F)c2)CC1. The molecule has 31 heavy (non-hydrogen) atoms. The average molecular weight is 436 g/mol. The molecule has 1 aliphatic rings. The number of rotatable bonds is 6. The number of guanidine groups is 1. The predicted molar refractivity (Wildman–Crippen MR) is 124 cm³/mol. The molecule has 1 fully saturated rings. The Balaban J connectivity index is 1.81. The zero-order valence-electron chi connectivity index (χ0n) is 19.7. The minimum atomic E-state index is -0.531. The smallest absolute Gasteiger partial charge is 0.407 e. The molecule has 8 heteroatoms. The molecule has 3 N–H and O–H groups in total. The van der Waals surface area contributed by atoms with Crippen molar-refractivity contribution in [3.05, 3.63) is 30.1 Å². The molecule has 0 aromatic heterocycles. The number of nitrogens with one attached hydrogen (secondary N) is 3. The van der Waals surface area contributed by atoms with Crippen molar-refractivity contribution in [2.45, 2.75) is 65.1 Å². The molecular weight excluding hydrogens is 397 g/mol. The summed E-state index contributed by atoms with van der Waals surface area (Å²) in [5.74, 6) is 0.732. The lowest BCUT2D eigenvalue weighted by atomic mass is 10.0. The number of benzene rings is 1. The zero-order chi connectivity index (χ0) is 23.0. The molecule has 1 aromatic carbocycles. The Morgan fingerprint density at radius 1 is 1.29 bits per heavy atom. The van der Waals surface area contributed by atoms with Crippen molar-refractivity contribution in [2.75, 3.05) is 31.6 Å². The van der Waals surface area contributed by atoms with Gasteiger partial charge in [-0.2, -0.15) is 0 Å². The monoisotopic (exact) mass is 435 g/mol. The highest BCUT2D eigenvalue weighted by atomic mass is 19.1. The summed E-state index contributed by atoms with van der Waals surface area (Å²) in [7, 11) is 1.74. The molecule has 0 bridgehead atoms. The first-order chi connectivity index (χ1) is 14.6. The predicted octanol–water partition coefficient (Wildman–Crippen LogP) is 3.51. The minimum Gasteiger partial charge on any atom is -0.444 e. The van der Waals surface area contributed by atoms with Crippen LogP contribution in [0.15, 0.2) is 29.3 Å². The van der Waals surface area contributed by atoms with Gasteiger partial charge in [0.1, 0.15) is 11.4 Å². The Morgan fingerprint density at radius 3 is 2.52 bits per heavy atom. The Bertz CT molecular complexity index is 740. The van der Waals surface area contributed by atoms with Crippen molar-refractivity contribution in [1.29, 1.82) is 0 Å². The highest BCUT2D eigenvalue weighted by Gasteiger charge is 2.23. The lowest BCUT2D eigenvalue weighted by Gasteiger charge is -2.35.